The maximum absolute atomic E-state index is 14.4. The van der Waals surface area contributed by atoms with Crippen LogP contribution in [0.4, 0.5) is 8.78 Å². The van der Waals surface area contributed by atoms with Crippen molar-refractivity contribution in [2.75, 3.05) is 0 Å². The Morgan fingerprint density at radius 3 is 1.91 bits per heavy atom. The van der Waals surface area contributed by atoms with E-state index in [4.69, 9.17) is 0 Å². The molecule has 0 aromatic rings. The number of hydrogen-bond acceptors (Lipinski definition) is 0. The van der Waals surface area contributed by atoms with Gasteiger partial charge in [-0.1, -0.05) is 38.3 Å². The van der Waals surface area contributed by atoms with Gasteiger partial charge < -0.3 is 0 Å². The van der Waals surface area contributed by atoms with Crippen molar-refractivity contribution >= 4 is 0 Å². The standard InChI is InChI=1S/C21H34F2/c1-15-7-14-19(21(23)20(15)22)18-12-10-17(11-13-18)9-8-16-5-3-2-4-6-16/h8-9,15-21H,2-7,10-14H2,1H3. The fourth-order valence-electron chi connectivity index (χ4n) is 5.23. The predicted molar refractivity (Wildman–Crippen MR) is 92.8 cm³/mol. The Kier molecular flexibility index (Phi) is 6.15. The van der Waals surface area contributed by atoms with Crippen LogP contribution in [0, 0.1) is 29.6 Å². The van der Waals surface area contributed by atoms with Gasteiger partial charge in [0.2, 0.25) is 0 Å². The molecule has 0 radical (unpaired) electrons. The zero-order valence-electron chi connectivity index (χ0n) is 14.7. The van der Waals surface area contributed by atoms with Crippen LogP contribution in [-0.2, 0) is 0 Å². The molecule has 0 saturated heterocycles. The topological polar surface area (TPSA) is 0 Å². The highest BCUT2D eigenvalue weighted by atomic mass is 19.2. The summed E-state index contributed by atoms with van der Waals surface area (Å²) in [7, 11) is 0. The van der Waals surface area contributed by atoms with Crippen LogP contribution in [0.5, 0.6) is 0 Å². The molecule has 3 saturated carbocycles. The molecule has 0 nitrogen and oxygen atoms in total. The van der Waals surface area contributed by atoms with Crippen LogP contribution in [-0.4, -0.2) is 12.3 Å². The van der Waals surface area contributed by atoms with Crippen molar-refractivity contribution in [3.63, 3.8) is 0 Å². The Labute approximate surface area is 141 Å². The van der Waals surface area contributed by atoms with Crippen LogP contribution in [0.15, 0.2) is 12.2 Å². The first-order chi connectivity index (χ1) is 11.1. The zero-order chi connectivity index (χ0) is 16.2. The Morgan fingerprint density at radius 1 is 0.652 bits per heavy atom. The summed E-state index contributed by atoms with van der Waals surface area (Å²) in [6.45, 7) is 1.86. The molecule has 4 unspecified atom stereocenters. The van der Waals surface area contributed by atoms with E-state index in [0.717, 1.165) is 31.6 Å². The SMILES string of the molecule is CC1CCC(C2CCC(C=CC3CCCCC3)CC2)C(F)C1F. The van der Waals surface area contributed by atoms with Crippen LogP contribution >= 0.6 is 0 Å². The number of rotatable bonds is 3. The van der Waals surface area contributed by atoms with Crippen LogP contribution in [0.1, 0.15) is 77.6 Å². The van der Waals surface area contributed by atoms with E-state index in [0.29, 0.717) is 11.8 Å². The van der Waals surface area contributed by atoms with Gasteiger partial charge in [-0.3, -0.25) is 0 Å². The second kappa shape index (κ2) is 8.12. The van der Waals surface area contributed by atoms with E-state index in [1.165, 1.54) is 44.9 Å². The summed E-state index contributed by atoms with van der Waals surface area (Å²) >= 11 is 0. The minimum atomic E-state index is -1.22. The van der Waals surface area contributed by atoms with Gasteiger partial charge in [0.15, 0.2) is 0 Å². The smallest absolute Gasteiger partial charge is 0.134 e. The second-order valence-electron chi connectivity index (χ2n) is 8.57. The molecule has 0 spiro atoms. The quantitative estimate of drug-likeness (QED) is 0.510. The van der Waals surface area contributed by atoms with Crippen molar-refractivity contribution in [1.82, 2.24) is 0 Å². The number of halogens is 2. The highest BCUT2D eigenvalue weighted by Gasteiger charge is 2.42. The van der Waals surface area contributed by atoms with E-state index in [9.17, 15) is 8.78 Å². The van der Waals surface area contributed by atoms with Gasteiger partial charge in [-0.2, -0.15) is 0 Å². The summed E-state index contributed by atoms with van der Waals surface area (Å²) in [4.78, 5) is 0. The van der Waals surface area contributed by atoms with Gasteiger partial charge in [-0.15, -0.1) is 0 Å². The molecule has 0 bridgehead atoms. The van der Waals surface area contributed by atoms with E-state index < -0.39 is 12.3 Å². The number of hydrogen-bond donors (Lipinski definition) is 0. The van der Waals surface area contributed by atoms with Crippen LogP contribution < -0.4 is 0 Å². The first-order valence-electron chi connectivity index (χ1n) is 10.1. The van der Waals surface area contributed by atoms with E-state index >= 15 is 0 Å². The van der Waals surface area contributed by atoms with Crippen molar-refractivity contribution in [2.24, 2.45) is 29.6 Å². The molecule has 4 atom stereocenters. The van der Waals surface area contributed by atoms with Crippen molar-refractivity contribution in [3.8, 4) is 0 Å². The molecule has 3 rings (SSSR count). The molecule has 0 amide bonds. The molecule has 0 aromatic carbocycles. The normalized spacial score (nSPS) is 43.8. The molecule has 3 aliphatic carbocycles. The lowest BCUT2D eigenvalue weighted by Crippen LogP contribution is -2.41. The van der Waals surface area contributed by atoms with E-state index in [1.54, 1.807) is 0 Å². The minimum absolute atomic E-state index is 0.00975. The van der Waals surface area contributed by atoms with E-state index in [-0.39, 0.29) is 11.8 Å². The second-order valence-corrected chi connectivity index (χ2v) is 8.57. The molecule has 3 fully saturated rings. The largest absolute Gasteiger partial charge is 0.244 e. The first-order valence-corrected chi connectivity index (χ1v) is 10.1. The molecule has 0 heterocycles. The summed E-state index contributed by atoms with van der Waals surface area (Å²) in [5.74, 6) is 1.83. The van der Waals surface area contributed by atoms with Gasteiger partial charge in [0.1, 0.15) is 12.3 Å². The van der Waals surface area contributed by atoms with Crippen LogP contribution in [0.2, 0.25) is 0 Å². The summed E-state index contributed by atoms with van der Waals surface area (Å²) in [5.41, 5.74) is 0. The summed E-state index contributed by atoms with van der Waals surface area (Å²) in [6, 6.07) is 0. The van der Waals surface area contributed by atoms with Crippen molar-refractivity contribution in [1.29, 1.82) is 0 Å². The van der Waals surface area contributed by atoms with Gasteiger partial charge in [-0.05, 0) is 81.0 Å². The number of alkyl halides is 2. The molecule has 0 aliphatic heterocycles. The Hall–Kier alpha value is -0.400. The Balaban J connectivity index is 1.45. The maximum atomic E-state index is 14.4. The van der Waals surface area contributed by atoms with Crippen molar-refractivity contribution in [3.05, 3.63) is 12.2 Å². The molecule has 23 heavy (non-hydrogen) atoms. The van der Waals surface area contributed by atoms with E-state index in [2.05, 4.69) is 12.2 Å². The third-order valence-electron chi connectivity index (χ3n) is 6.94. The summed E-state index contributed by atoms with van der Waals surface area (Å²) < 4.78 is 28.4. The molecule has 0 N–H and O–H groups in total. The lowest BCUT2D eigenvalue weighted by molar-refractivity contribution is -0.00498. The predicted octanol–water partition coefficient (Wildman–Crippen LogP) is 6.65. The monoisotopic (exact) mass is 324 g/mol. The Bertz CT molecular complexity index is 377. The highest BCUT2D eigenvalue weighted by molar-refractivity contribution is 4.97. The molecule has 2 heteroatoms. The van der Waals surface area contributed by atoms with Gasteiger partial charge in [0, 0.05) is 0 Å². The van der Waals surface area contributed by atoms with E-state index in [1.807, 2.05) is 6.92 Å². The minimum Gasteiger partial charge on any atom is -0.244 e. The van der Waals surface area contributed by atoms with Crippen molar-refractivity contribution in [2.45, 2.75) is 89.9 Å². The summed E-state index contributed by atoms with van der Waals surface area (Å²) in [5, 5.41) is 0. The molecular weight excluding hydrogens is 290 g/mol. The highest BCUT2D eigenvalue weighted by Crippen LogP contribution is 2.44. The van der Waals surface area contributed by atoms with Gasteiger partial charge in [0.25, 0.3) is 0 Å². The molecule has 132 valence electrons. The van der Waals surface area contributed by atoms with Gasteiger partial charge in [0.05, 0.1) is 0 Å². The summed E-state index contributed by atoms with van der Waals surface area (Å²) in [6.07, 6.45) is 15.8. The molecule has 3 aliphatic rings. The maximum Gasteiger partial charge on any atom is 0.134 e. The average Bonchev–Trinajstić information content (AvgIpc) is 2.60. The lowest BCUT2D eigenvalue weighted by atomic mass is 9.68. The van der Waals surface area contributed by atoms with Crippen LogP contribution in [0.25, 0.3) is 0 Å². The molecule has 0 aromatic heterocycles. The fraction of sp³-hybridized carbons (Fsp3) is 0.905. The fourth-order valence-corrected chi connectivity index (χ4v) is 5.23. The van der Waals surface area contributed by atoms with Crippen LogP contribution in [0.3, 0.4) is 0 Å². The lowest BCUT2D eigenvalue weighted by Gasteiger charge is -2.40. The average molecular weight is 324 g/mol. The van der Waals surface area contributed by atoms with Gasteiger partial charge in [-0.25, -0.2) is 8.78 Å². The third kappa shape index (κ3) is 4.37. The van der Waals surface area contributed by atoms with Gasteiger partial charge >= 0.3 is 0 Å². The zero-order valence-corrected chi connectivity index (χ0v) is 14.7. The first kappa shape index (κ1) is 17.4. The van der Waals surface area contributed by atoms with Crippen molar-refractivity contribution < 1.29 is 8.78 Å². The third-order valence-corrected chi connectivity index (χ3v) is 6.94. The number of allylic oxidation sites excluding steroid dienone is 2. The molecular formula is C21H34F2. The Morgan fingerprint density at radius 2 is 1.26 bits per heavy atom.